The van der Waals surface area contributed by atoms with Crippen LogP contribution in [0.15, 0.2) is 42.5 Å². The third kappa shape index (κ3) is 1.70. The maximum Gasteiger partial charge on any atom is 0.131 e. The van der Waals surface area contributed by atoms with Crippen molar-refractivity contribution in [1.29, 1.82) is 0 Å². The average Bonchev–Trinajstić information content (AvgIpc) is 2.20. The van der Waals surface area contributed by atoms with E-state index >= 15 is 0 Å². The van der Waals surface area contributed by atoms with Gasteiger partial charge in [0, 0.05) is 12.1 Å². The Morgan fingerprint density at radius 1 is 0.846 bits per heavy atom. The lowest BCUT2D eigenvalue weighted by Gasteiger charge is -1.99. The molecule has 0 heterocycles. The molecular formula is C12H8O. The molecule has 0 aromatic heterocycles. The lowest BCUT2D eigenvalue weighted by Crippen LogP contribution is -1.75. The Labute approximate surface area is 77.3 Å². The van der Waals surface area contributed by atoms with E-state index in [9.17, 15) is 0 Å². The average molecular weight is 168 g/mol. The number of aromatic hydroxyl groups is 1. The van der Waals surface area contributed by atoms with Crippen LogP contribution in [0.2, 0.25) is 0 Å². The minimum absolute atomic E-state index is 0.0553. The van der Waals surface area contributed by atoms with E-state index in [0.29, 0.717) is 0 Å². The smallest absolute Gasteiger partial charge is 0.131 e. The summed E-state index contributed by atoms with van der Waals surface area (Å²) in [7, 11) is 0. The van der Waals surface area contributed by atoms with Crippen molar-refractivity contribution < 1.29 is 5.11 Å². The van der Waals surface area contributed by atoms with E-state index in [4.69, 9.17) is 5.11 Å². The second-order valence-corrected chi connectivity index (χ2v) is 2.75. The number of rotatable bonds is 1. The summed E-state index contributed by atoms with van der Waals surface area (Å²) in [6.07, 6.45) is 0. The van der Waals surface area contributed by atoms with Gasteiger partial charge < -0.3 is 5.11 Å². The van der Waals surface area contributed by atoms with Crippen LogP contribution >= 0.6 is 0 Å². The molecule has 0 spiro atoms. The fourth-order valence-electron chi connectivity index (χ4n) is 1.17. The third-order valence-electron chi connectivity index (χ3n) is 1.84. The van der Waals surface area contributed by atoms with E-state index in [2.05, 4.69) is 12.1 Å². The molecule has 0 aliphatic rings. The summed E-state index contributed by atoms with van der Waals surface area (Å²) in [5, 5.41) is 8.99. The van der Waals surface area contributed by atoms with Crippen molar-refractivity contribution in [3.05, 3.63) is 54.6 Å². The van der Waals surface area contributed by atoms with Crippen molar-refractivity contribution in [3.8, 4) is 16.9 Å². The highest BCUT2D eigenvalue weighted by Crippen LogP contribution is 2.19. The predicted molar refractivity (Wildman–Crippen MR) is 51.2 cm³/mol. The molecule has 13 heavy (non-hydrogen) atoms. The Bertz CT molecular complexity index is 376. The highest BCUT2D eigenvalue weighted by Gasteiger charge is 1.95. The number of hydrogen-bond donors (Lipinski definition) is 1. The van der Waals surface area contributed by atoms with Gasteiger partial charge in [0.05, 0.1) is 0 Å². The molecule has 0 aliphatic carbocycles. The molecule has 0 aliphatic heterocycles. The van der Waals surface area contributed by atoms with Gasteiger partial charge >= 0.3 is 0 Å². The van der Waals surface area contributed by atoms with Crippen molar-refractivity contribution in [2.45, 2.75) is 0 Å². The minimum Gasteiger partial charge on any atom is -0.507 e. The molecule has 2 radical (unpaired) electrons. The number of benzene rings is 2. The molecule has 1 heteroatoms. The van der Waals surface area contributed by atoms with E-state index in [1.807, 2.05) is 30.3 Å². The van der Waals surface area contributed by atoms with Crippen LogP contribution in [0, 0.1) is 12.1 Å². The van der Waals surface area contributed by atoms with Crippen LogP contribution in [-0.2, 0) is 0 Å². The summed E-state index contributed by atoms with van der Waals surface area (Å²) in [4.78, 5) is 0. The largest absolute Gasteiger partial charge is 0.507 e. The zero-order valence-corrected chi connectivity index (χ0v) is 6.99. The third-order valence-corrected chi connectivity index (χ3v) is 1.84. The lowest BCUT2D eigenvalue weighted by atomic mass is 10.1. The first-order valence-corrected chi connectivity index (χ1v) is 4.04. The van der Waals surface area contributed by atoms with Crippen molar-refractivity contribution in [3.63, 3.8) is 0 Å². The molecule has 0 fully saturated rings. The number of phenolic OH excluding ortho intramolecular Hbond substituents is 1. The van der Waals surface area contributed by atoms with E-state index in [-0.39, 0.29) is 5.75 Å². The van der Waals surface area contributed by atoms with Crippen LogP contribution in [0.5, 0.6) is 5.75 Å². The quantitative estimate of drug-likeness (QED) is 0.694. The van der Waals surface area contributed by atoms with Gasteiger partial charge in [-0.15, -0.1) is 0 Å². The first-order valence-electron chi connectivity index (χ1n) is 4.04. The van der Waals surface area contributed by atoms with E-state index in [1.54, 1.807) is 12.1 Å². The van der Waals surface area contributed by atoms with Crippen LogP contribution in [0.3, 0.4) is 0 Å². The van der Waals surface area contributed by atoms with Gasteiger partial charge in [-0.25, -0.2) is 0 Å². The van der Waals surface area contributed by atoms with Gasteiger partial charge in [-0.2, -0.15) is 0 Å². The fourth-order valence-corrected chi connectivity index (χ4v) is 1.17. The van der Waals surface area contributed by atoms with Crippen LogP contribution in [0.4, 0.5) is 0 Å². The molecule has 0 atom stereocenters. The lowest BCUT2D eigenvalue weighted by molar-refractivity contribution is 0.473. The summed E-state index contributed by atoms with van der Waals surface area (Å²) >= 11 is 0. The monoisotopic (exact) mass is 168 g/mol. The van der Waals surface area contributed by atoms with E-state index in [0.717, 1.165) is 11.1 Å². The first kappa shape index (κ1) is 7.87. The van der Waals surface area contributed by atoms with Crippen molar-refractivity contribution in [2.24, 2.45) is 0 Å². The Morgan fingerprint density at radius 3 is 2.08 bits per heavy atom. The molecule has 1 nitrogen and oxygen atoms in total. The standard InChI is InChI=1S/C12H8O/c13-12-8-6-11(7-9-12)10-4-2-1-3-5-10/h1-7,13H. The summed E-state index contributed by atoms with van der Waals surface area (Å²) in [6.45, 7) is 0. The van der Waals surface area contributed by atoms with Gasteiger partial charge in [0.25, 0.3) is 0 Å². The zero-order chi connectivity index (χ0) is 9.10. The Hall–Kier alpha value is -1.76. The Kier molecular flexibility index (Phi) is 2.01. The molecule has 0 unspecified atom stereocenters. The van der Waals surface area contributed by atoms with Crippen molar-refractivity contribution in [1.82, 2.24) is 0 Å². The molecule has 0 amide bonds. The van der Waals surface area contributed by atoms with Gasteiger partial charge in [-0.3, -0.25) is 0 Å². The Balaban J connectivity index is 2.42. The van der Waals surface area contributed by atoms with Gasteiger partial charge in [0.2, 0.25) is 0 Å². The van der Waals surface area contributed by atoms with Crippen LogP contribution < -0.4 is 0 Å². The molecule has 62 valence electrons. The van der Waals surface area contributed by atoms with E-state index < -0.39 is 0 Å². The maximum absolute atomic E-state index is 8.99. The zero-order valence-electron chi connectivity index (χ0n) is 6.99. The molecule has 0 saturated carbocycles. The first-order chi connectivity index (χ1) is 6.36. The highest BCUT2D eigenvalue weighted by molar-refractivity contribution is 5.63. The SMILES string of the molecule is Oc1[c]cc(-c2ccccc2)c[c]1. The summed E-state index contributed by atoms with van der Waals surface area (Å²) in [6, 6.07) is 18.8. The normalized spacial score (nSPS) is 9.85. The molecule has 1 N–H and O–H groups in total. The number of hydrogen-bond acceptors (Lipinski definition) is 1. The van der Waals surface area contributed by atoms with Gasteiger partial charge in [-0.05, 0) is 23.3 Å². The minimum atomic E-state index is 0.0553. The van der Waals surface area contributed by atoms with Crippen molar-refractivity contribution >= 4 is 0 Å². The molecule has 0 bridgehead atoms. The maximum atomic E-state index is 8.99. The molecular weight excluding hydrogens is 160 g/mol. The molecule has 2 aromatic rings. The topological polar surface area (TPSA) is 20.2 Å². The van der Waals surface area contributed by atoms with Gasteiger partial charge in [0.1, 0.15) is 5.75 Å². The molecule has 2 aromatic carbocycles. The predicted octanol–water partition coefficient (Wildman–Crippen LogP) is 2.66. The summed E-state index contributed by atoms with van der Waals surface area (Å²) in [5.41, 5.74) is 2.12. The van der Waals surface area contributed by atoms with Gasteiger partial charge in [-0.1, -0.05) is 30.3 Å². The van der Waals surface area contributed by atoms with Gasteiger partial charge in [0.15, 0.2) is 0 Å². The molecule has 2 rings (SSSR count). The second-order valence-electron chi connectivity index (χ2n) is 2.75. The van der Waals surface area contributed by atoms with Crippen molar-refractivity contribution in [2.75, 3.05) is 0 Å². The van der Waals surface area contributed by atoms with Crippen LogP contribution in [0.1, 0.15) is 0 Å². The Morgan fingerprint density at radius 2 is 1.46 bits per heavy atom. The molecule has 0 saturated heterocycles. The van der Waals surface area contributed by atoms with E-state index in [1.165, 1.54) is 0 Å². The number of phenols is 1. The second kappa shape index (κ2) is 3.31. The highest BCUT2D eigenvalue weighted by atomic mass is 16.3. The summed E-state index contributed by atoms with van der Waals surface area (Å²) < 4.78 is 0. The van der Waals surface area contributed by atoms with Crippen LogP contribution in [-0.4, -0.2) is 5.11 Å². The summed E-state index contributed by atoms with van der Waals surface area (Å²) in [5.74, 6) is 0.0553. The fraction of sp³-hybridized carbons (Fsp3) is 0. The van der Waals surface area contributed by atoms with Crippen LogP contribution in [0.25, 0.3) is 11.1 Å².